The summed E-state index contributed by atoms with van der Waals surface area (Å²) in [7, 11) is 0. The van der Waals surface area contributed by atoms with Gasteiger partial charge in [-0.3, -0.25) is 9.13 Å². The molecule has 8 aromatic rings. The van der Waals surface area contributed by atoms with Crippen LogP contribution < -0.4 is 0 Å². The number of rotatable bonds is 4. The Morgan fingerprint density at radius 1 is 0.608 bits per heavy atom. The molecular weight excluding hydrogens is 625 g/mol. The minimum absolute atomic E-state index is 0.515. The second-order valence-corrected chi connectivity index (χ2v) is 13.2. The molecule has 5 aromatic carbocycles. The Morgan fingerprint density at radius 3 is 1.90 bits per heavy atom. The van der Waals surface area contributed by atoms with Gasteiger partial charge in [-0.1, -0.05) is 84.9 Å². The van der Waals surface area contributed by atoms with Crippen molar-refractivity contribution in [2.24, 2.45) is 5.41 Å². The molecule has 1 aliphatic carbocycles. The lowest BCUT2D eigenvalue weighted by Gasteiger charge is -2.22. The molecule has 0 amide bonds. The minimum atomic E-state index is -0.675. The molecule has 0 spiro atoms. The van der Waals surface area contributed by atoms with Crippen molar-refractivity contribution in [1.82, 2.24) is 14.1 Å². The molecular formula is C45H28N6. The number of allylic oxidation sites excluding steroid dienone is 1. The third kappa shape index (κ3) is 4.65. The molecule has 0 aliphatic heterocycles. The number of hydrogen-bond acceptors (Lipinski definition) is 4. The maximum atomic E-state index is 10.1. The molecule has 6 heteroatoms. The fraction of sp³-hybridized carbons (Fsp3) is 0.0667. The van der Waals surface area contributed by atoms with Crippen LogP contribution in [-0.2, 0) is 6.42 Å². The highest BCUT2D eigenvalue weighted by Gasteiger charge is 2.31. The van der Waals surface area contributed by atoms with E-state index in [1.165, 1.54) is 0 Å². The Labute approximate surface area is 294 Å². The molecule has 6 nitrogen and oxygen atoms in total. The summed E-state index contributed by atoms with van der Waals surface area (Å²) in [4.78, 5) is 5.45. The van der Waals surface area contributed by atoms with E-state index in [0.29, 0.717) is 23.4 Å². The van der Waals surface area contributed by atoms with Crippen LogP contribution in [0.1, 0.15) is 29.3 Å². The van der Waals surface area contributed by atoms with Gasteiger partial charge in [-0.25, -0.2) is 4.98 Å². The van der Waals surface area contributed by atoms with E-state index >= 15 is 0 Å². The molecule has 0 N–H and O–H groups in total. The molecule has 238 valence electrons. The van der Waals surface area contributed by atoms with E-state index in [9.17, 15) is 15.8 Å². The summed E-state index contributed by atoms with van der Waals surface area (Å²) < 4.78 is 4.38. The van der Waals surface area contributed by atoms with E-state index in [0.717, 1.165) is 72.0 Å². The van der Waals surface area contributed by atoms with Crippen molar-refractivity contribution in [3.8, 4) is 52.1 Å². The van der Waals surface area contributed by atoms with Crippen molar-refractivity contribution in [2.45, 2.75) is 13.3 Å². The van der Waals surface area contributed by atoms with Crippen LogP contribution >= 0.6 is 0 Å². The second kappa shape index (κ2) is 11.5. The first kappa shape index (κ1) is 29.9. The van der Waals surface area contributed by atoms with Gasteiger partial charge in [0.2, 0.25) is 0 Å². The highest BCUT2D eigenvalue weighted by molar-refractivity contribution is 6.09. The Bertz CT molecular complexity index is 2850. The molecule has 0 fully saturated rings. The molecule has 51 heavy (non-hydrogen) atoms. The SMILES string of the molecule is CC1(C#N)C=Cc2c(c3cc(C#N)ccc3n2-c2cc(-c3ccccc3-c3ccccc3C#N)cc(-n3c4ccccc4c4ccccc43)n2)C1. The zero-order valence-corrected chi connectivity index (χ0v) is 27.7. The van der Waals surface area contributed by atoms with E-state index in [2.05, 4.69) is 100 Å². The van der Waals surface area contributed by atoms with Crippen molar-refractivity contribution in [1.29, 1.82) is 15.8 Å². The predicted octanol–water partition coefficient (Wildman–Crippen LogP) is 10.3. The lowest BCUT2D eigenvalue weighted by Crippen LogP contribution is -2.18. The van der Waals surface area contributed by atoms with Crippen molar-refractivity contribution in [2.75, 3.05) is 0 Å². The molecule has 0 saturated heterocycles. The highest BCUT2D eigenvalue weighted by Crippen LogP contribution is 2.42. The number of nitrogens with zero attached hydrogens (tertiary/aromatic N) is 6. The number of benzene rings is 5. The number of hydrogen-bond donors (Lipinski definition) is 0. The molecule has 0 radical (unpaired) electrons. The Balaban J connectivity index is 1.40. The maximum absolute atomic E-state index is 10.1. The van der Waals surface area contributed by atoms with Gasteiger partial charge in [0.15, 0.2) is 0 Å². The topological polar surface area (TPSA) is 94.1 Å². The maximum Gasteiger partial charge on any atom is 0.140 e. The molecule has 3 heterocycles. The Morgan fingerprint density at radius 2 is 1.22 bits per heavy atom. The van der Waals surface area contributed by atoms with Gasteiger partial charge in [-0.05, 0) is 90.2 Å². The molecule has 0 bridgehead atoms. The molecule has 3 aromatic heterocycles. The zero-order valence-electron chi connectivity index (χ0n) is 27.7. The average Bonchev–Trinajstić information content (AvgIpc) is 3.69. The smallest absolute Gasteiger partial charge is 0.140 e. The summed E-state index contributed by atoms with van der Waals surface area (Å²) in [6.07, 6.45) is 4.52. The number of para-hydroxylation sites is 2. The van der Waals surface area contributed by atoms with Gasteiger partial charge >= 0.3 is 0 Å². The highest BCUT2D eigenvalue weighted by atomic mass is 15.1. The van der Waals surface area contributed by atoms with E-state index in [1.807, 2.05) is 73.7 Å². The van der Waals surface area contributed by atoms with Gasteiger partial charge in [0.25, 0.3) is 0 Å². The molecule has 1 unspecified atom stereocenters. The van der Waals surface area contributed by atoms with Crippen LogP contribution in [0.4, 0.5) is 0 Å². The van der Waals surface area contributed by atoms with E-state index in [1.54, 1.807) is 0 Å². The normalized spacial score (nSPS) is 15.0. The van der Waals surface area contributed by atoms with E-state index < -0.39 is 5.41 Å². The van der Waals surface area contributed by atoms with Gasteiger partial charge in [0, 0.05) is 21.7 Å². The lowest BCUT2D eigenvalue weighted by atomic mass is 9.80. The van der Waals surface area contributed by atoms with Crippen molar-refractivity contribution < 1.29 is 0 Å². The monoisotopic (exact) mass is 652 g/mol. The fourth-order valence-electron chi connectivity index (χ4n) is 7.66. The third-order valence-corrected chi connectivity index (χ3v) is 10.1. The van der Waals surface area contributed by atoms with Crippen LogP contribution in [0, 0.1) is 39.4 Å². The van der Waals surface area contributed by atoms with Crippen LogP contribution in [0.5, 0.6) is 0 Å². The van der Waals surface area contributed by atoms with Gasteiger partial charge in [-0.15, -0.1) is 0 Å². The van der Waals surface area contributed by atoms with E-state index in [-0.39, 0.29) is 0 Å². The minimum Gasteiger partial charge on any atom is -0.294 e. The standard InChI is InChI=1S/C45H28N6/c1-45(28-48)21-20-42-38(25-45)37-22-29(26-46)18-19-41(37)51(42)44-24-31(33-12-4-5-13-34(33)32-11-3-2-10-30(32)27-47)23-43(49-44)50-39-16-8-6-14-35(39)36-15-7-9-17-40(36)50/h2-24H,25H2,1H3. The Kier molecular flexibility index (Phi) is 6.72. The summed E-state index contributed by atoms with van der Waals surface area (Å²) >= 11 is 0. The summed E-state index contributed by atoms with van der Waals surface area (Å²) in [5.74, 6) is 1.45. The lowest BCUT2D eigenvalue weighted by molar-refractivity contribution is 0.561. The van der Waals surface area contributed by atoms with Crippen LogP contribution in [0.15, 0.2) is 133 Å². The van der Waals surface area contributed by atoms with Crippen molar-refractivity contribution in [3.63, 3.8) is 0 Å². The summed E-state index contributed by atoms with van der Waals surface area (Å²) in [5, 5.41) is 33.2. The van der Waals surface area contributed by atoms with Gasteiger partial charge in [0.05, 0.1) is 57.0 Å². The third-order valence-electron chi connectivity index (χ3n) is 10.1. The number of aromatic nitrogens is 3. The number of pyridine rings is 1. The molecule has 0 saturated carbocycles. The zero-order chi connectivity index (χ0) is 34.7. The first-order valence-electron chi connectivity index (χ1n) is 16.8. The quantitative estimate of drug-likeness (QED) is 0.189. The summed E-state index contributed by atoms with van der Waals surface area (Å²) in [6.45, 7) is 1.94. The summed E-state index contributed by atoms with van der Waals surface area (Å²) in [6, 6.07) is 49.8. The second-order valence-electron chi connectivity index (χ2n) is 13.2. The van der Waals surface area contributed by atoms with Gasteiger partial charge in [-0.2, -0.15) is 15.8 Å². The number of fused-ring (bicyclic) bond motifs is 6. The average molecular weight is 653 g/mol. The molecule has 9 rings (SSSR count). The Hall–Kier alpha value is -7.20. The number of nitriles is 3. The van der Waals surface area contributed by atoms with Crippen molar-refractivity contribution >= 4 is 38.8 Å². The van der Waals surface area contributed by atoms with Crippen molar-refractivity contribution in [3.05, 3.63) is 156 Å². The van der Waals surface area contributed by atoms with E-state index in [4.69, 9.17) is 4.98 Å². The van der Waals surface area contributed by atoms with Crippen LogP contribution in [0.2, 0.25) is 0 Å². The van der Waals surface area contributed by atoms with Gasteiger partial charge in [0.1, 0.15) is 11.6 Å². The van der Waals surface area contributed by atoms with Gasteiger partial charge < -0.3 is 0 Å². The first-order chi connectivity index (χ1) is 25.0. The fourth-order valence-corrected chi connectivity index (χ4v) is 7.66. The molecule has 1 aliphatic rings. The largest absolute Gasteiger partial charge is 0.294 e. The molecule has 1 atom stereocenters. The van der Waals surface area contributed by atoms with Crippen LogP contribution in [0.3, 0.4) is 0 Å². The first-order valence-corrected chi connectivity index (χ1v) is 16.8. The predicted molar refractivity (Wildman–Crippen MR) is 202 cm³/mol. The summed E-state index contributed by atoms with van der Waals surface area (Å²) in [5.41, 5.74) is 9.15. The van der Waals surface area contributed by atoms with Crippen LogP contribution in [0.25, 0.3) is 72.7 Å². The van der Waals surface area contributed by atoms with Crippen LogP contribution in [-0.4, -0.2) is 14.1 Å².